The summed E-state index contributed by atoms with van der Waals surface area (Å²) in [5, 5.41) is 13.2. The van der Waals surface area contributed by atoms with E-state index in [2.05, 4.69) is 29.0 Å². The molecule has 1 N–H and O–H groups in total. The lowest BCUT2D eigenvalue weighted by Crippen LogP contribution is -2.46. The molecule has 3 rings (SSSR count). The first-order chi connectivity index (χ1) is 17.5. The number of halogens is 1. The predicted octanol–water partition coefficient (Wildman–Crippen LogP) is 4.96. The maximum Gasteiger partial charge on any atom is 0.262 e. The smallest absolute Gasteiger partial charge is 0.262 e. The molecule has 0 spiro atoms. The van der Waals surface area contributed by atoms with Gasteiger partial charge in [-0.25, -0.2) is 4.98 Å². The minimum Gasteiger partial charge on any atom is -0.492 e. The van der Waals surface area contributed by atoms with E-state index in [4.69, 9.17) is 21.1 Å². The highest BCUT2D eigenvalue weighted by molar-refractivity contribution is 6.29. The monoisotopic (exact) mass is 510 g/mol. The average molecular weight is 511 g/mol. The van der Waals surface area contributed by atoms with Crippen LogP contribution in [0.25, 0.3) is 6.08 Å². The summed E-state index contributed by atoms with van der Waals surface area (Å²) in [5.41, 5.74) is 0.858. The van der Waals surface area contributed by atoms with Crippen molar-refractivity contribution in [3.05, 3.63) is 64.4 Å². The molecule has 1 aliphatic heterocycles. The second-order valence-corrected chi connectivity index (χ2v) is 9.31. The fraction of sp³-hybridized carbons (Fsp3) is 0.464. The van der Waals surface area contributed by atoms with E-state index in [0.29, 0.717) is 17.5 Å². The van der Waals surface area contributed by atoms with Crippen LogP contribution in [-0.2, 0) is 15.1 Å². The van der Waals surface area contributed by atoms with Crippen molar-refractivity contribution in [1.29, 1.82) is 5.26 Å². The molecule has 36 heavy (non-hydrogen) atoms. The Morgan fingerprint density at radius 1 is 1.19 bits per heavy atom. The van der Waals surface area contributed by atoms with E-state index in [1.165, 1.54) is 6.08 Å². The second-order valence-electron chi connectivity index (χ2n) is 8.92. The first-order valence-corrected chi connectivity index (χ1v) is 13.0. The van der Waals surface area contributed by atoms with Crippen molar-refractivity contribution >= 4 is 23.6 Å². The third-order valence-corrected chi connectivity index (χ3v) is 6.50. The minimum atomic E-state index is -0.593. The van der Waals surface area contributed by atoms with Gasteiger partial charge < -0.3 is 14.8 Å². The van der Waals surface area contributed by atoms with Crippen LogP contribution < -0.4 is 10.1 Å². The Labute approximate surface area is 219 Å². The number of carbonyl (C=O) groups is 1. The van der Waals surface area contributed by atoms with Gasteiger partial charge in [0.1, 0.15) is 29.2 Å². The van der Waals surface area contributed by atoms with Crippen molar-refractivity contribution in [3.8, 4) is 11.8 Å². The fourth-order valence-corrected chi connectivity index (χ4v) is 4.71. The molecule has 0 atom stereocenters. The van der Waals surface area contributed by atoms with Crippen molar-refractivity contribution in [2.24, 2.45) is 0 Å². The number of pyridine rings is 1. The van der Waals surface area contributed by atoms with Gasteiger partial charge in [0.25, 0.3) is 5.91 Å². The lowest BCUT2D eigenvalue weighted by molar-refractivity contribution is -0.119. The normalized spacial score (nSPS) is 14.8. The summed E-state index contributed by atoms with van der Waals surface area (Å²) in [6.45, 7) is 9.08. The Bertz CT molecular complexity index is 1050. The molecule has 8 heteroatoms. The minimum absolute atomic E-state index is 0.00980. The van der Waals surface area contributed by atoms with E-state index in [0.717, 1.165) is 69.8 Å². The topological polar surface area (TPSA) is 87.5 Å². The van der Waals surface area contributed by atoms with Crippen LogP contribution in [0, 0.1) is 11.3 Å². The highest BCUT2D eigenvalue weighted by Gasteiger charge is 2.33. The van der Waals surface area contributed by atoms with Crippen LogP contribution in [0.5, 0.6) is 5.75 Å². The first kappa shape index (κ1) is 27.7. The number of aromatic nitrogens is 1. The van der Waals surface area contributed by atoms with Gasteiger partial charge in [0.05, 0.1) is 24.4 Å². The molecule has 0 aliphatic carbocycles. The van der Waals surface area contributed by atoms with Gasteiger partial charge in [0.15, 0.2) is 0 Å². The quantitative estimate of drug-likeness (QED) is 0.246. The summed E-state index contributed by atoms with van der Waals surface area (Å²) in [4.78, 5) is 19.8. The Morgan fingerprint density at radius 3 is 2.50 bits per heavy atom. The Kier molecular flexibility index (Phi) is 10.7. The number of morpholine rings is 1. The van der Waals surface area contributed by atoms with E-state index >= 15 is 0 Å². The van der Waals surface area contributed by atoms with Gasteiger partial charge in [-0.3, -0.25) is 9.69 Å². The fourth-order valence-electron chi connectivity index (χ4n) is 4.54. The third-order valence-electron chi connectivity index (χ3n) is 6.29. The highest BCUT2D eigenvalue weighted by atomic mass is 35.5. The number of hydrogen-bond acceptors (Lipinski definition) is 6. The summed E-state index contributed by atoms with van der Waals surface area (Å²) < 4.78 is 11.4. The number of hydrogen-bond donors (Lipinski definition) is 1. The summed E-state index contributed by atoms with van der Waals surface area (Å²) in [6, 6.07) is 15.1. The molecule has 1 aromatic heterocycles. The molecule has 2 heterocycles. The van der Waals surface area contributed by atoms with Crippen LogP contribution in [0.4, 0.5) is 0 Å². The number of ether oxygens (including phenoxy) is 2. The molecule has 2 aromatic rings. The van der Waals surface area contributed by atoms with E-state index in [1.54, 1.807) is 18.2 Å². The number of nitrogens with one attached hydrogen (secondary N) is 1. The van der Waals surface area contributed by atoms with E-state index in [1.807, 2.05) is 30.3 Å². The largest absolute Gasteiger partial charge is 0.492 e. The summed E-state index contributed by atoms with van der Waals surface area (Å²) in [6.07, 6.45) is 4.71. The van der Waals surface area contributed by atoms with Crippen molar-refractivity contribution in [3.63, 3.8) is 0 Å². The molecule has 1 fully saturated rings. The van der Waals surface area contributed by atoms with Crippen LogP contribution in [-0.4, -0.2) is 55.2 Å². The van der Waals surface area contributed by atoms with Crippen LogP contribution in [0.1, 0.15) is 50.8 Å². The van der Waals surface area contributed by atoms with Crippen molar-refractivity contribution in [2.75, 3.05) is 39.5 Å². The third kappa shape index (κ3) is 7.79. The zero-order valence-electron chi connectivity index (χ0n) is 21.1. The SMILES string of the molecule is CCCC(CCC)(NC(=O)/C(C#N)=C/c1cccc(Cl)n1)c1ccc(OCCN2CCOCC2)cc1. The van der Waals surface area contributed by atoms with Crippen molar-refractivity contribution in [1.82, 2.24) is 15.2 Å². The summed E-state index contributed by atoms with van der Waals surface area (Å²) >= 11 is 5.96. The van der Waals surface area contributed by atoms with Gasteiger partial charge in [-0.2, -0.15) is 5.26 Å². The molecular formula is C28H35ClN4O3. The number of amides is 1. The molecule has 1 amide bonds. The molecule has 0 saturated carbocycles. The van der Waals surface area contributed by atoms with Crippen LogP contribution in [0.2, 0.25) is 5.15 Å². The van der Waals surface area contributed by atoms with Gasteiger partial charge in [-0.05, 0) is 48.7 Å². The van der Waals surface area contributed by atoms with Crippen molar-refractivity contribution in [2.45, 2.75) is 45.1 Å². The van der Waals surface area contributed by atoms with Gasteiger partial charge in [-0.1, -0.05) is 56.5 Å². The molecule has 0 bridgehead atoms. The van der Waals surface area contributed by atoms with Crippen molar-refractivity contribution < 1.29 is 14.3 Å². The average Bonchev–Trinajstić information content (AvgIpc) is 2.88. The lowest BCUT2D eigenvalue weighted by atomic mass is 9.81. The molecule has 1 aliphatic rings. The summed E-state index contributed by atoms with van der Waals surface area (Å²) in [7, 11) is 0. The Balaban J connectivity index is 1.75. The molecule has 1 saturated heterocycles. The molecule has 0 unspecified atom stereocenters. The van der Waals surface area contributed by atoms with Gasteiger partial charge in [0.2, 0.25) is 0 Å². The number of benzene rings is 1. The molecular weight excluding hydrogens is 476 g/mol. The molecule has 192 valence electrons. The standard InChI is InChI=1S/C28H35ClN4O3/c1-3-12-28(13-4-2,32-27(34)22(21-30)20-24-6-5-7-26(29)31-24)23-8-10-25(11-9-23)36-19-16-33-14-17-35-18-15-33/h5-11,20H,3-4,12-19H2,1-2H3,(H,32,34)/b22-20+. The van der Waals surface area contributed by atoms with E-state index in [9.17, 15) is 10.1 Å². The van der Waals surface area contributed by atoms with E-state index in [-0.39, 0.29) is 5.57 Å². The maximum absolute atomic E-state index is 13.3. The van der Waals surface area contributed by atoms with Gasteiger partial charge >= 0.3 is 0 Å². The summed E-state index contributed by atoms with van der Waals surface area (Å²) in [5.74, 6) is 0.372. The number of carbonyl (C=O) groups excluding carboxylic acids is 1. The predicted molar refractivity (Wildman–Crippen MR) is 142 cm³/mol. The second kappa shape index (κ2) is 14.0. The van der Waals surface area contributed by atoms with Crippen LogP contribution >= 0.6 is 11.6 Å². The molecule has 1 aromatic carbocycles. The maximum atomic E-state index is 13.3. The number of rotatable bonds is 12. The first-order valence-electron chi connectivity index (χ1n) is 12.6. The Morgan fingerprint density at radius 2 is 1.89 bits per heavy atom. The molecule has 0 radical (unpaired) electrons. The highest BCUT2D eigenvalue weighted by Crippen LogP contribution is 2.33. The number of nitriles is 1. The van der Waals surface area contributed by atoms with Gasteiger partial charge in [0, 0.05) is 19.6 Å². The van der Waals surface area contributed by atoms with E-state index < -0.39 is 11.4 Å². The zero-order valence-corrected chi connectivity index (χ0v) is 21.9. The van der Waals surface area contributed by atoms with Gasteiger partial charge in [-0.15, -0.1) is 0 Å². The molecule has 7 nitrogen and oxygen atoms in total. The zero-order chi connectivity index (χ0) is 25.8. The van der Waals surface area contributed by atoms with Crippen LogP contribution in [0.15, 0.2) is 48.0 Å². The number of nitrogens with zero attached hydrogens (tertiary/aromatic N) is 3. The lowest BCUT2D eigenvalue weighted by Gasteiger charge is -2.35. The Hall–Kier alpha value is -2.92. The van der Waals surface area contributed by atoms with Crippen LogP contribution in [0.3, 0.4) is 0 Å².